The summed E-state index contributed by atoms with van der Waals surface area (Å²) in [4.78, 5) is 12.0. The SMILES string of the molecule is COC(=O)C1=C(c2ccnn2C(C)C)CCCCC1. The highest BCUT2D eigenvalue weighted by atomic mass is 16.5. The van der Waals surface area contributed by atoms with Gasteiger partial charge in [-0.2, -0.15) is 5.10 Å². The van der Waals surface area contributed by atoms with Crippen molar-refractivity contribution in [3.8, 4) is 0 Å². The van der Waals surface area contributed by atoms with Gasteiger partial charge in [0, 0.05) is 17.8 Å². The molecule has 0 fully saturated rings. The van der Waals surface area contributed by atoms with Crippen LogP contribution in [0.25, 0.3) is 5.57 Å². The van der Waals surface area contributed by atoms with Crippen LogP contribution in [0.5, 0.6) is 0 Å². The number of rotatable bonds is 3. The number of esters is 1. The van der Waals surface area contributed by atoms with Crippen molar-refractivity contribution in [1.29, 1.82) is 0 Å². The number of methoxy groups -OCH3 is 1. The van der Waals surface area contributed by atoms with Gasteiger partial charge in [0.1, 0.15) is 0 Å². The number of hydrogen-bond donors (Lipinski definition) is 0. The molecule has 1 aliphatic rings. The van der Waals surface area contributed by atoms with E-state index in [1.807, 2.05) is 16.9 Å². The van der Waals surface area contributed by atoms with E-state index in [4.69, 9.17) is 4.74 Å². The van der Waals surface area contributed by atoms with Gasteiger partial charge in [0.2, 0.25) is 0 Å². The summed E-state index contributed by atoms with van der Waals surface area (Å²) in [6.45, 7) is 4.21. The van der Waals surface area contributed by atoms with Crippen LogP contribution in [0.4, 0.5) is 0 Å². The van der Waals surface area contributed by atoms with Crippen LogP contribution in [0.3, 0.4) is 0 Å². The number of nitrogens with zero attached hydrogens (tertiary/aromatic N) is 2. The molecule has 1 aromatic rings. The highest BCUT2D eigenvalue weighted by Gasteiger charge is 2.22. The van der Waals surface area contributed by atoms with E-state index in [1.54, 1.807) is 0 Å². The first-order valence-electron chi connectivity index (χ1n) is 6.99. The lowest BCUT2D eigenvalue weighted by Gasteiger charge is -2.15. The van der Waals surface area contributed by atoms with Gasteiger partial charge >= 0.3 is 5.97 Å². The predicted octanol–water partition coefficient (Wildman–Crippen LogP) is 3.35. The molecule has 0 saturated heterocycles. The van der Waals surface area contributed by atoms with Crippen LogP contribution in [0, 0.1) is 0 Å². The van der Waals surface area contributed by atoms with Crippen LogP contribution in [-0.4, -0.2) is 22.9 Å². The zero-order valence-corrected chi connectivity index (χ0v) is 12.0. The summed E-state index contributed by atoms with van der Waals surface area (Å²) in [6, 6.07) is 2.29. The molecule has 19 heavy (non-hydrogen) atoms. The first-order valence-corrected chi connectivity index (χ1v) is 6.99. The average Bonchev–Trinajstić information content (AvgIpc) is 2.76. The standard InChI is InChI=1S/C15H22N2O2/c1-11(2)17-14(9-10-16-17)12-7-5-4-6-8-13(12)15(18)19-3/h9-11H,4-8H2,1-3H3. The van der Waals surface area contributed by atoms with Crippen molar-refractivity contribution >= 4 is 11.5 Å². The Morgan fingerprint density at radius 2 is 2.05 bits per heavy atom. The van der Waals surface area contributed by atoms with E-state index in [0.717, 1.165) is 42.5 Å². The topological polar surface area (TPSA) is 44.1 Å². The minimum Gasteiger partial charge on any atom is -0.466 e. The van der Waals surface area contributed by atoms with Crippen molar-refractivity contribution in [2.24, 2.45) is 0 Å². The molecule has 4 nitrogen and oxygen atoms in total. The fraction of sp³-hybridized carbons (Fsp3) is 0.600. The summed E-state index contributed by atoms with van der Waals surface area (Å²) < 4.78 is 6.94. The third-order valence-electron chi connectivity index (χ3n) is 3.62. The second kappa shape index (κ2) is 6.04. The smallest absolute Gasteiger partial charge is 0.334 e. The molecule has 1 aliphatic carbocycles. The molecule has 0 aliphatic heterocycles. The van der Waals surface area contributed by atoms with Gasteiger partial charge in [-0.25, -0.2) is 4.79 Å². The fourth-order valence-electron chi connectivity index (χ4n) is 2.68. The Kier molecular flexibility index (Phi) is 4.40. The van der Waals surface area contributed by atoms with Crippen LogP contribution in [0.15, 0.2) is 17.8 Å². The molecule has 0 saturated carbocycles. The lowest BCUT2D eigenvalue weighted by Crippen LogP contribution is -2.11. The van der Waals surface area contributed by atoms with Crippen LogP contribution < -0.4 is 0 Å². The van der Waals surface area contributed by atoms with Gasteiger partial charge in [-0.1, -0.05) is 6.42 Å². The van der Waals surface area contributed by atoms with Gasteiger partial charge in [-0.3, -0.25) is 4.68 Å². The van der Waals surface area contributed by atoms with Crippen molar-refractivity contribution in [2.45, 2.75) is 52.0 Å². The molecular formula is C15H22N2O2. The minimum absolute atomic E-state index is 0.187. The number of aromatic nitrogens is 2. The Hall–Kier alpha value is -1.58. The molecule has 0 unspecified atom stereocenters. The van der Waals surface area contributed by atoms with Crippen molar-refractivity contribution in [3.05, 3.63) is 23.5 Å². The first kappa shape index (κ1) is 13.8. The maximum Gasteiger partial charge on any atom is 0.334 e. The lowest BCUT2D eigenvalue weighted by molar-refractivity contribution is -0.136. The monoisotopic (exact) mass is 262 g/mol. The minimum atomic E-state index is -0.187. The molecule has 0 radical (unpaired) electrons. The summed E-state index contributed by atoms with van der Waals surface area (Å²) in [5.74, 6) is -0.187. The van der Waals surface area contributed by atoms with Crippen molar-refractivity contribution in [3.63, 3.8) is 0 Å². The molecule has 1 heterocycles. The van der Waals surface area contributed by atoms with Gasteiger partial charge in [0.05, 0.1) is 12.8 Å². The molecule has 0 N–H and O–H groups in total. The molecule has 0 aromatic carbocycles. The maximum absolute atomic E-state index is 12.0. The third kappa shape index (κ3) is 2.88. The van der Waals surface area contributed by atoms with Gasteiger partial charge in [-0.05, 0) is 51.2 Å². The number of carbonyl (C=O) groups is 1. The molecular weight excluding hydrogens is 240 g/mol. The first-order chi connectivity index (χ1) is 9.15. The second-order valence-electron chi connectivity index (χ2n) is 5.26. The third-order valence-corrected chi connectivity index (χ3v) is 3.62. The van der Waals surface area contributed by atoms with E-state index in [-0.39, 0.29) is 5.97 Å². The maximum atomic E-state index is 12.0. The Balaban J connectivity index is 2.49. The van der Waals surface area contributed by atoms with E-state index in [0.29, 0.717) is 6.04 Å². The zero-order chi connectivity index (χ0) is 13.8. The average molecular weight is 262 g/mol. The largest absolute Gasteiger partial charge is 0.466 e. The normalized spacial score (nSPS) is 16.6. The fourth-order valence-corrected chi connectivity index (χ4v) is 2.68. The quantitative estimate of drug-likeness (QED) is 0.785. The van der Waals surface area contributed by atoms with E-state index in [2.05, 4.69) is 18.9 Å². The Labute approximate surface area is 114 Å². The summed E-state index contributed by atoms with van der Waals surface area (Å²) in [5.41, 5.74) is 3.02. The van der Waals surface area contributed by atoms with Gasteiger partial charge in [0.25, 0.3) is 0 Å². The lowest BCUT2D eigenvalue weighted by atomic mass is 10.00. The van der Waals surface area contributed by atoms with Crippen molar-refractivity contribution < 1.29 is 9.53 Å². The molecule has 0 spiro atoms. The zero-order valence-electron chi connectivity index (χ0n) is 12.0. The van der Waals surface area contributed by atoms with Gasteiger partial charge < -0.3 is 4.74 Å². The molecule has 0 amide bonds. The van der Waals surface area contributed by atoms with Crippen LogP contribution >= 0.6 is 0 Å². The number of hydrogen-bond acceptors (Lipinski definition) is 3. The van der Waals surface area contributed by atoms with Crippen LogP contribution in [0.1, 0.15) is 57.7 Å². The second-order valence-corrected chi connectivity index (χ2v) is 5.26. The van der Waals surface area contributed by atoms with Gasteiger partial charge in [0.15, 0.2) is 0 Å². The van der Waals surface area contributed by atoms with Crippen molar-refractivity contribution in [2.75, 3.05) is 7.11 Å². The predicted molar refractivity (Wildman–Crippen MR) is 74.6 cm³/mol. The Morgan fingerprint density at radius 1 is 1.32 bits per heavy atom. The Bertz CT molecular complexity index is 486. The molecule has 1 aromatic heterocycles. The molecule has 2 rings (SSSR count). The number of carbonyl (C=O) groups excluding carboxylic acids is 1. The molecule has 104 valence electrons. The van der Waals surface area contributed by atoms with Crippen molar-refractivity contribution in [1.82, 2.24) is 9.78 Å². The summed E-state index contributed by atoms with van der Waals surface area (Å²) >= 11 is 0. The van der Waals surface area contributed by atoms with E-state index < -0.39 is 0 Å². The highest BCUT2D eigenvalue weighted by Crippen LogP contribution is 2.32. The van der Waals surface area contributed by atoms with E-state index in [1.165, 1.54) is 13.5 Å². The van der Waals surface area contributed by atoms with Crippen LogP contribution in [-0.2, 0) is 9.53 Å². The molecule has 4 heteroatoms. The summed E-state index contributed by atoms with van der Waals surface area (Å²) in [6.07, 6.45) is 6.90. The molecule has 0 bridgehead atoms. The van der Waals surface area contributed by atoms with Crippen LogP contribution in [0.2, 0.25) is 0 Å². The Morgan fingerprint density at radius 3 is 2.74 bits per heavy atom. The van der Waals surface area contributed by atoms with Gasteiger partial charge in [-0.15, -0.1) is 0 Å². The van der Waals surface area contributed by atoms with E-state index >= 15 is 0 Å². The summed E-state index contributed by atoms with van der Waals surface area (Å²) in [5, 5.41) is 4.37. The summed E-state index contributed by atoms with van der Waals surface area (Å²) in [7, 11) is 1.46. The number of ether oxygens (including phenoxy) is 1. The number of allylic oxidation sites excluding steroid dienone is 1. The highest BCUT2D eigenvalue weighted by molar-refractivity contribution is 5.97. The molecule has 0 atom stereocenters. The van der Waals surface area contributed by atoms with E-state index in [9.17, 15) is 4.79 Å².